The van der Waals surface area contributed by atoms with Crippen molar-refractivity contribution in [1.29, 1.82) is 0 Å². The first-order valence-electron chi connectivity index (χ1n) is 6.58. The Kier molecular flexibility index (Phi) is 3.44. The topological polar surface area (TPSA) is 55.1 Å². The zero-order valence-corrected chi connectivity index (χ0v) is 11.4. The third-order valence-electron chi connectivity index (χ3n) is 3.92. The normalized spacial score (nSPS) is 20.0. The minimum atomic E-state index is -0.725. The fraction of sp³-hybridized carbons (Fsp3) is 0.533. The molecule has 1 amide bonds. The van der Waals surface area contributed by atoms with Crippen LogP contribution in [-0.4, -0.2) is 11.4 Å². The van der Waals surface area contributed by atoms with Crippen LogP contribution in [0.1, 0.15) is 43.9 Å². The van der Waals surface area contributed by atoms with Crippen LogP contribution in [0.3, 0.4) is 0 Å². The van der Waals surface area contributed by atoms with E-state index in [9.17, 15) is 4.79 Å². The first kappa shape index (κ1) is 13.1. The summed E-state index contributed by atoms with van der Waals surface area (Å²) in [5.41, 5.74) is 7.73. The molecule has 0 aromatic heterocycles. The van der Waals surface area contributed by atoms with Crippen molar-refractivity contribution in [3.63, 3.8) is 0 Å². The third-order valence-corrected chi connectivity index (χ3v) is 3.92. The van der Waals surface area contributed by atoms with Gasteiger partial charge in [-0.3, -0.25) is 4.79 Å². The lowest BCUT2D eigenvalue weighted by Gasteiger charge is -2.26. The first-order chi connectivity index (χ1) is 8.43. The molecule has 1 aromatic carbocycles. The Balaban J connectivity index is 2.05. The summed E-state index contributed by atoms with van der Waals surface area (Å²) >= 11 is 0. The summed E-state index contributed by atoms with van der Waals surface area (Å²) in [7, 11) is 0. The molecule has 0 heterocycles. The Hall–Kier alpha value is -1.35. The minimum absolute atomic E-state index is 0.000301. The van der Waals surface area contributed by atoms with E-state index in [0.29, 0.717) is 5.92 Å². The molecule has 0 radical (unpaired) electrons. The van der Waals surface area contributed by atoms with Crippen molar-refractivity contribution in [1.82, 2.24) is 5.32 Å². The van der Waals surface area contributed by atoms with Crippen LogP contribution in [0.15, 0.2) is 24.3 Å². The van der Waals surface area contributed by atoms with Gasteiger partial charge in [-0.1, -0.05) is 24.3 Å². The summed E-state index contributed by atoms with van der Waals surface area (Å²) in [6.07, 6.45) is 2.14. The van der Waals surface area contributed by atoms with E-state index in [1.165, 1.54) is 5.56 Å². The standard InChI is InChI=1S/C15H22N2O/c1-10-6-4-5-7-13(10)11(2)17-14(18)15(3,16)12-8-9-12/h4-7,11-12H,8-9,16H2,1-3H3,(H,17,18). The van der Waals surface area contributed by atoms with E-state index in [2.05, 4.69) is 18.3 Å². The van der Waals surface area contributed by atoms with E-state index in [4.69, 9.17) is 5.73 Å². The summed E-state index contributed by atoms with van der Waals surface area (Å²) in [5.74, 6) is 0.308. The molecule has 0 spiro atoms. The second kappa shape index (κ2) is 4.73. The van der Waals surface area contributed by atoms with Crippen molar-refractivity contribution >= 4 is 5.91 Å². The Bertz CT molecular complexity index is 450. The van der Waals surface area contributed by atoms with Gasteiger partial charge in [0.2, 0.25) is 5.91 Å². The maximum atomic E-state index is 12.2. The number of nitrogens with one attached hydrogen (secondary N) is 1. The molecule has 1 aliphatic carbocycles. The number of hydrogen-bond acceptors (Lipinski definition) is 2. The summed E-state index contributed by atoms with van der Waals surface area (Å²) in [4.78, 5) is 12.2. The number of benzene rings is 1. The van der Waals surface area contributed by atoms with Crippen LogP contribution in [0.5, 0.6) is 0 Å². The van der Waals surface area contributed by atoms with Crippen LogP contribution < -0.4 is 11.1 Å². The number of carbonyl (C=O) groups excluding carboxylic acids is 1. The molecular formula is C15H22N2O. The second-order valence-corrected chi connectivity index (χ2v) is 5.61. The predicted molar refractivity (Wildman–Crippen MR) is 73.1 cm³/mol. The number of nitrogens with two attached hydrogens (primary N) is 1. The van der Waals surface area contributed by atoms with Crippen molar-refractivity contribution in [3.05, 3.63) is 35.4 Å². The summed E-state index contributed by atoms with van der Waals surface area (Å²) in [5, 5.41) is 3.03. The van der Waals surface area contributed by atoms with Crippen LogP contribution >= 0.6 is 0 Å². The van der Waals surface area contributed by atoms with Gasteiger partial charge in [0.25, 0.3) is 0 Å². The molecule has 3 N–H and O–H groups in total. The molecule has 3 nitrogen and oxygen atoms in total. The fourth-order valence-electron chi connectivity index (χ4n) is 2.37. The minimum Gasteiger partial charge on any atom is -0.348 e. The number of aryl methyl sites for hydroxylation is 1. The highest BCUT2D eigenvalue weighted by Crippen LogP contribution is 2.38. The monoisotopic (exact) mass is 246 g/mol. The predicted octanol–water partition coefficient (Wildman–Crippen LogP) is 2.30. The average Bonchev–Trinajstić information content (AvgIpc) is 3.13. The van der Waals surface area contributed by atoms with Crippen LogP contribution in [-0.2, 0) is 4.79 Å². The van der Waals surface area contributed by atoms with Gasteiger partial charge in [0.1, 0.15) is 0 Å². The van der Waals surface area contributed by atoms with Crippen LogP contribution in [0.4, 0.5) is 0 Å². The first-order valence-corrected chi connectivity index (χ1v) is 6.58. The van der Waals surface area contributed by atoms with Crippen molar-refractivity contribution < 1.29 is 4.79 Å². The van der Waals surface area contributed by atoms with E-state index < -0.39 is 5.54 Å². The smallest absolute Gasteiger partial charge is 0.240 e. The van der Waals surface area contributed by atoms with E-state index in [1.807, 2.05) is 32.0 Å². The summed E-state index contributed by atoms with van der Waals surface area (Å²) < 4.78 is 0. The van der Waals surface area contributed by atoms with Gasteiger partial charge < -0.3 is 11.1 Å². The highest BCUT2D eigenvalue weighted by molar-refractivity contribution is 5.86. The zero-order valence-electron chi connectivity index (χ0n) is 11.4. The summed E-state index contributed by atoms with van der Waals surface area (Å²) in [6.45, 7) is 5.90. The molecule has 1 fully saturated rings. The van der Waals surface area contributed by atoms with Crippen LogP contribution in [0.2, 0.25) is 0 Å². The van der Waals surface area contributed by atoms with E-state index >= 15 is 0 Å². The highest BCUT2D eigenvalue weighted by Gasteiger charge is 2.44. The van der Waals surface area contributed by atoms with Gasteiger partial charge in [0, 0.05) is 0 Å². The molecule has 98 valence electrons. The van der Waals surface area contributed by atoms with Gasteiger partial charge in [0.15, 0.2) is 0 Å². The van der Waals surface area contributed by atoms with Gasteiger partial charge in [-0.05, 0) is 50.7 Å². The van der Waals surface area contributed by atoms with Gasteiger partial charge >= 0.3 is 0 Å². The largest absolute Gasteiger partial charge is 0.348 e. The molecule has 2 atom stereocenters. The average molecular weight is 246 g/mol. The molecular weight excluding hydrogens is 224 g/mol. The van der Waals surface area contributed by atoms with Gasteiger partial charge in [-0.2, -0.15) is 0 Å². The number of hydrogen-bond donors (Lipinski definition) is 2. The molecule has 1 aromatic rings. The van der Waals surface area contributed by atoms with Crippen molar-refractivity contribution in [2.24, 2.45) is 11.7 Å². The molecule has 1 aliphatic rings. The van der Waals surface area contributed by atoms with Gasteiger partial charge in [-0.25, -0.2) is 0 Å². The lowest BCUT2D eigenvalue weighted by Crippen LogP contribution is -2.53. The second-order valence-electron chi connectivity index (χ2n) is 5.61. The molecule has 1 saturated carbocycles. The zero-order chi connectivity index (χ0) is 13.3. The lowest BCUT2D eigenvalue weighted by molar-refractivity contribution is -0.127. The Morgan fingerprint density at radius 2 is 2.06 bits per heavy atom. The molecule has 0 aliphatic heterocycles. The quantitative estimate of drug-likeness (QED) is 0.856. The molecule has 2 unspecified atom stereocenters. The van der Waals surface area contributed by atoms with E-state index in [0.717, 1.165) is 18.4 Å². The van der Waals surface area contributed by atoms with Crippen molar-refractivity contribution in [2.45, 2.75) is 45.2 Å². The van der Waals surface area contributed by atoms with Crippen LogP contribution in [0.25, 0.3) is 0 Å². The summed E-state index contributed by atoms with van der Waals surface area (Å²) in [6, 6.07) is 8.10. The fourth-order valence-corrected chi connectivity index (χ4v) is 2.37. The Morgan fingerprint density at radius 1 is 1.44 bits per heavy atom. The van der Waals surface area contributed by atoms with Crippen LogP contribution in [0, 0.1) is 12.8 Å². The molecule has 0 saturated heterocycles. The molecule has 0 bridgehead atoms. The number of carbonyl (C=O) groups is 1. The molecule has 2 rings (SSSR count). The highest BCUT2D eigenvalue weighted by atomic mass is 16.2. The Labute approximate surface area is 109 Å². The van der Waals surface area contributed by atoms with E-state index in [1.54, 1.807) is 0 Å². The van der Waals surface area contributed by atoms with Crippen molar-refractivity contribution in [3.8, 4) is 0 Å². The van der Waals surface area contributed by atoms with Crippen molar-refractivity contribution in [2.75, 3.05) is 0 Å². The van der Waals surface area contributed by atoms with Gasteiger partial charge in [0.05, 0.1) is 11.6 Å². The maximum absolute atomic E-state index is 12.2. The number of amides is 1. The SMILES string of the molecule is Cc1ccccc1C(C)NC(=O)C(C)(N)C1CC1. The Morgan fingerprint density at radius 3 is 2.61 bits per heavy atom. The lowest BCUT2D eigenvalue weighted by atomic mass is 9.94. The van der Waals surface area contributed by atoms with E-state index in [-0.39, 0.29) is 11.9 Å². The molecule has 3 heteroatoms. The third kappa shape index (κ3) is 2.56. The maximum Gasteiger partial charge on any atom is 0.240 e. The molecule has 18 heavy (non-hydrogen) atoms. The van der Waals surface area contributed by atoms with Gasteiger partial charge in [-0.15, -0.1) is 0 Å². The number of rotatable bonds is 4.